The zero-order chi connectivity index (χ0) is 7.98. The number of carbonyl (C=O) groups is 1. The van der Waals surface area contributed by atoms with Crippen LogP contribution in [0.1, 0.15) is 6.92 Å². The van der Waals surface area contributed by atoms with Gasteiger partial charge < -0.3 is 10.6 Å². The first-order chi connectivity index (χ1) is 4.66. The number of amides is 2. The summed E-state index contributed by atoms with van der Waals surface area (Å²) in [5.41, 5.74) is 0. The van der Waals surface area contributed by atoms with Gasteiger partial charge in [0.15, 0.2) is 0 Å². The first kappa shape index (κ1) is 9.49. The van der Waals surface area contributed by atoms with Crippen molar-refractivity contribution in [2.45, 2.75) is 20.0 Å². The summed E-state index contributed by atoms with van der Waals surface area (Å²) in [4.78, 5) is 10.7. The summed E-state index contributed by atoms with van der Waals surface area (Å²) in [7, 11) is -0.624. The molecule has 0 unspecified atom stereocenters. The van der Waals surface area contributed by atoms with Crippen molar-refractivity contribution < 1.29 is 4.79 Å². The van der Waals surface area contributed by atoms with Crippen molar-refractivity contribution in [3.05, 3.63) is 0 Å². The maximum atomic E-state index is 10.7. The maximum absolute atomic E-state index is 10.7. The monoisotopic (exact) mass is 160 g/mol. The summed E-state index contributed by atoms with van der Waals surface area (Å²) >= 11 is 0. The Morgan fingerprint density at radius 1 is 1.40 bits per heavy atom. The molecule has 0 saturated heterocycles. The third-order valence-corrected chi connectivity index (χ3v) is 2.03. The van der Waals surface area contributed by atoms with Crippen LogP contribution >= 0.6 is 0 Å². The van der Waals surface area contributed by atoms with E-state index in [1.807, 2.05) is 6.92 Å². The van der Waals surface area contributed by atoms with E-state index in [2.05, 4.69) is 23.7 Å². The Kier molecular flexibility index (Phi) is 5.01. The van der Waals surface area contributed by atoms with Gasteiger partial charge in [-0.2, -0.15) is 0 Å². The molecule has 0 aliphatic carbocycles. The lowest BCUT2D eigenvalue weighted by molar-refractivity contribution is 0.243. The quantitative estimate of drug-likeness (QED) is 0.574. The number of carbonyl (C=O) groups excluding carboxylic acids is 1. The molecule has 0 aromatic heterocycles. The molecule has 2 amide bonds. The van der Waals surface area contributed by atoms with Gasteiger partial charge in [0.2, 0.25) is 0 Å². The van der Waals surface area contributed by atoms with Crippen molar-refractivity contribution in [3.8, 4) is 0 Å². The van der Waals surface area contributed by atoms with Gasteiger partial charge in [0.05, 0.1) is 8.80 Å². The number of rotatable bonds is 3. The van der Waals surface area contributed by atoms with Crippen molar-refractivity contribution >= 4 is 14.8 Å². The highest BCUT2D eigenvalue weighted by Crippen LogP contribution is 1.74. The van der Waals surface area contributed by atoms with Gasteiger partial charge in [-0.05, 0) is 6.92 Å². The van der Waals surface area contributed by atoms with Gasteiger partial charge in [0, 0.05) is 12.7 Å². The van der Waals surface area contributed by atoms with Gasteiger partial charge in [-0.1, -0.05) is 13.1 Å². The van der Waals surface area contributed by atoms with E-state index in [0.717, 1.165) is 6.17 Å². The maximum Gasteiger partial charge on any atom is 0.314 e. The summed E-state index contributed by atoms with van der Waals surface area (Å²) in [5.74, 6) is 0. The smallest absolute Gasteiger partial charge is 0.314 e. The molecule has 4 heteroatoms. The summed E-state index contributed by atoms with van der Waals surface area (Å²) in [6.07, 6.45) is 0.881. The lowest BCUT2D eigenvalue weighted by atomic mass is 10.7. The minimum atomic E-state index is -0.624. The topological polar surface area (TPSA) is 41.1 Å². The van der Waals surface area contributed by atoms with Crippen LogP contribution in [0.15, 0.2) is 0 Å². The predicted octanol–water partition coefficient (Wildman–Crippen LogP) is 0.331. The molecule has 0 bridgehead atoms. The number of hydrogen-bond donors (Lipinski definition) is 2. The van der Waals surface area contributed by atoms with Crippen molar-refractivity contribution in [3.63, 3.8) is 0 Å². The van der Waals surface area contributed by atoms with Gasteiger partial charge in [-0.3, -0.25) is 0 Å². The lowest BCUT2D eigenvalue weighted by Gasteiger charge is -2.06. The largest absolute Gasteiger partial charge is 0.341 e. The van der Waals surface area contributed by atoms with E-state index < -0.39 is 8.80 Å². The highest BCUT2D eigenvalue weighted by atomic mass is 28.3. The molecule has 0 aliphatic heterocycles. The average Bonchev–Trinajstić information content (AvgIpc) is 1.85. The van der Waals surface area contributed by atoms with Crippen LogP contribution in [-0.4, -0.2) is 27.5 Å². The molecule has 0 saturated carbocycles. The second-order valence-corrected chi connectivity index (χ2v) is 5.83. The van der Waals surface area contributed by atoms with Gasteiger partial charge in [0.25, 0.3) is 0 Å². The second kappa shape index (κ2) is 5.29. The van der Waals surface area contributed by atoms with Crippen molar-refractivity contribution in [2.75, 3.05) is 12.7 Å². The number of nitrogens with one attached hydrogen (secondary N) is 2. The molecule has 0 radical (unpaired) electrons. The summed E-state index contributed by atoms with van der Waals surface area (Å²) in [5, 5.41) is 5.47. The minimum absolute atomic E-state index is 0.0382. The fourth-order valence-electron chi connectivity index (χ4n) is 0.520. The third kappa shape index (κ3) is 5.62. The summed E-state index contributed by atoms with van der Waals surface area (Å²) in [6, 6.07) is -0.0382. The fraction of sp³-hybridized carbons (Fsp3) is 0.833. The highest BCUT2D eigenvalue weighted by molar-refractivity contribution is 6.56. The molecule has 2 N–H and O–H groups in total. The Morgan fingerprint density at radius 2 is 2.00 bits per heavy atom. The van der Waals surface area contributed by atoms with Crippen molar-refractivity contribution in [1.29, 1.82) is 0 Å². The molecule has 0 aromatic rings. The molecule has 3 nitrogen and oxygen atoms in total. The number of urea groups is 1. The standard InChI is InChI=1S/C6H16N2OSi/c1-4-7-6(9)8-5-10(2)3/h10H,4-5H2,1-3H3,(H2,7,8,9). The molecule has 10 heavy (non-hydrogen) atoms. The molecular weight excluding hydrogens is 144 g/mol. The molecule has 60 valence electrons. The molecule has 0 fully saturated rings. The van der Waals surface area contributed by atoms with E-state index in [1.54, 1.807) is 0 Å². The van der Waals surface area contributed by atoms with Crippen molar-refractivity contribution in [1.82, 2.24) is 10.6 Å². The zero-order valence-electron chi connectivity index (χ0n) is 6.90. The molecular formula is C6H16N2OSi. The zero-order valence-corrected chi connectivity index (χ0v) is 8.05. The van der Waals surface area contributed by atoms with Crippen LogP contribution in [0.25, 0.3) is 0 Å². The highest BCUT2D eigenvalue weighted by Gasteiger charge is 1.98. The first-order valence-electron chi connectivity index (χ1n) is 3.68. The van der Waals surface area contributed by atoms with E-state index in [-0.39, 0.29) is 6.03 Å². The molecule has 0 heterocycles. The lowest BCUT2D eigenvalue weighted by Crippen LogP contribution is -2.39. The van der Waals surface area contributed by atoms with E-state index in [1.165, 1.54) is 0 Å². The van der Waals surface area contributed by atoms with Crippen molar-refractivity contribution in [2.24, 2.45) is 0 Å². The first-order valence-corrected chi connectivity index (χ1v) is 6.81. The fourth-order valence-corrected chi connectivity index (χ4v) is 1.11. The average molecular weight is 160 g/mol. The van der Waals surface area contributed by atoms with Crippen LogP contribution in [0, 0.1) is 0 Å². The molecule has 0 rings (SSSR count). The third-order valence-electron chi connectivity index (χ3n) is 1.01. The molecule has 0 aliphatic rings. The van der Waals surface area contributed by atoms with Crippen LogP contribution in [0.4, 0.5) is 4.79 Å². The summed E-state index contributed by atoms with van der Waals surface area (Å²) in [6.45, 7) is 7.01. The Labute approximate surface area is 63.8 Å². The van der Waals surface area contributed by atoms with Gasteiger partial charge >= 0.3 is 6.03 Å². The normalized spacial score (nSPS) is 9.60. The molecule has 0 spiro atoms. The van der Waals surface area contributed by atoms with Crippen LogP contribution < -0.4 is 10.6 Å². The SMILES string of the molecule is CCNC(=O)NC[SiH](C)C. The Bertz CT molecular complexity index is 106. The Hall–Kier alpha value is -0.513. The second-order valence-electron chi connectivity index (χ2n) is 2.63. The van der Waals surface area contributed by atoms with Gasteiger partial charge in [0.1, 0.15) is 0 Å². The van der Waals surface area contributed by atoms with E-state index >= 15 is 0 Å². The number of hydrogen-bond acceptors (Lipinski definition) is 1. The minimum Gasteiger partial charge on any atom is -0.341 e. The molecule has 0 atom stereocenters. The van der Waals surface area contributed by atoms with E-state index in [0.29, 0.717) is 6.54 Å². The van der Waals surface area contributed by atoms with E-state index in [9.17, 15) is 4.79 Å². The Morgan fingerprint density at radius 3 is 2.40 bits per heavy atom. The Balaban J connectivity index is 3.22. The van der Waals surface area contributed by atoms with Crippen LogP contribution in [-0.2, 0) is 0 Å². The van der Waals surface area contributed by atoms with Crippen LogP contribution in [0.2, 0.25) is 13.1 Å². The van der Waals surface area contributed by atoms with Crippen LogP contribution in [0.3, 0.4) is 0 Å². The summed E-state index contributed by atoms with van der Waals surface area (Å²) < 4.78 is 0. The van der Waals surface area contributed by atoms with Crippen LogP contribution in [0.5, 0.6) is 0 Å². The van der Waals surface area contributed by atoms with Gasteiger partial charge in [-0.25, -0.2) is 4.79 Å². The predicted molar refractivity (Wildman–Crippen MR) is 46.0 cm³/mol. The molecule has 0 aromatic carbocycles. The van der Waals surface area contributed by atoms with Gasteiger partial charge in [-0.15, -0.1) is 0 Å². The van der Waals surface area contributed by atoms with E-state index in [4.69, 9.17) is 0 Å².